The van der Waals surface area contributed by atoms with Crippen LogP contribution in [0.3, 0.4) is 0 Å². The molecule has 134 valence electrons. The first kappa shape index (κ1) is 17.6. The van der Waals surface area contributed by atoms with Crippen LogP contribution in [0, 0.1) is 13.8 Å². The maximum atomic E-state index is 12.9. The molecule has 0 saturated carbocycles. The van der Waals surface area contributed by atoms with Crippen molar-refractivity contribution in [2.75, 3.05) is 13.1 Å². The number of nitrogens with one attached hydrogen (secondary N) is 1. The summed E-state index contributed by atoms with van der Waals surface area (Å²) in [6.07, 6.45) is 1.94. The number of imidazole rings is 1. The van der Waals surface area contributed by atoms with Crippen molar-refractivity contribution in [3.05, 3.63) is 41.5 Å². The molecule has 0 aliphatic rings. The van der Waals surface area contributed by atoms with E-state index in [9.17, 15) is 8.42 Å². The number of aromatic amines is 1. The highest BCUT2D eigenvalue weighted by Crippen LogP contribution is 2.20. The van der Waals surface area contributed by atoms with E-state index in [1.165, 1.54) is 10.5 Å². The van der Waals surface area contributed by atoms with Crippen molar-refractivity contribution < 1.29 is 8.42 Å². The highest BCUT2D eigenvalue weighted by Gasteiger charge is 2.27. The number of para-hydroxylation sites is 1. The quantitative estimate of drug-likeness (QED) is 0.729. The van der Waals surface area contributed by atoms with Crippen LogP contribution in [0.1, 0.15) is 24.0 Å². The van der Waals surface area contributed by atoms with Crippen LogP contribution in [-0.2, 0) is 23.5 Å². The lowest BCUT2D eigenvalue weighted by atomic mass is 10.2. The Morgan fingerprint density at radius 3 is 2.64 bits per heavy atom. The molecular formula is C17H23N5O2S. The molecule has 0 unspecified atom stereocenters. The summed E-state index contributed by atoms with van der Waals surface area (Å²) >= 11 is 0. The molecule has 1 N–H and O–H groups in total. The van der Waals surface area contributed by atoms with Crippen LogP contribution in [0.4, 0.5) is 0 Å². The Balaban J connectivity index is 1.82. The van der Waals surface area contributed by atoms with E-state index < -0.39 is 10.0 Å². The number of fused-ring (bicyclic) bond motifs is 1. The van der Waals surface area contributed by atoms with Gasteiger partial charge in [0, 0.05) is 26.6 Å². The molecule has 0 aliphatic heterocycles. The van der Waals surface area contributed by atoms with Crippen molar-refractivity contribution in [2.45, 2.75) is 32.1 Å². The van der Waals surface area contributed by atoms with E-state index in [0.29, 0.717) is 25.2 Å². The number of hydrogen-bond acceptors (Lipinski definition) is 4. The summed E-state index contributed by atoms with van der Waals surface area (Å²) in [6, 6.07) is 5.97. The molecule has 1 aromatic carbocycles. The minimum atomic E-state index is -3.56. The van der Waals surface area contributed by atoms with Crippen LogP contribution >= 0.6 is 0 Å². The molecule has 3 rings (SSSR count). The van der Waals surface area contributed by atoms with E-state index in [0.717, 1.165) is 22.4 Å². The van der Waals surface area contributed by atoms with Gasteiger partial charge in [-0.3, -0.25) is 4.68 Å². The first-order chi connectivity index (χ1) is 11.8. The van der Waals surface area contributed by atoms with E-state index in [1.54, 1.807) is 18.7 Å². The fourth-order valence-corrected chi connectivity index (χ4v) is 4.53. The Hall–Kier alpha value is -2.19. The van der Waals surface area contributed by atoms with E-state index in [-0.39, 0.29) is 4.90 Å². The van der Waals surface area contributed by atoms with E-state index in [4.69, 9.17) is 0 Å². The fraction of sp³-hybridized carbons (Fsp3) is 0.412. The zero-order valence-electron chi connectivity index (χ0n) is 14.9. The molecule has 8 heteroatoms. The van der Waals surface area contributed by atoms with Crippen LogP contribution in [0.25, 0.3) is 11.0 Å². The Morgan fingerprint density at radius 2 is 2.04 bits per heavy atom. The first-order valence-corrected chi connectivity index (χ1v) is 9.71. The third kappa shape index (κ3) is 3.19. The average Bonchev–Trinajstić information content (AvgIpc) is 3.13. The summed E-state index contributed by atoms with van der Waals surface area (Å²) in [5, 5.41) is 4.05. The molecule has 0 spiro atoms. The lowest BCUT2D eigenvalue weighted by Gasteiger charge is -2.19. The summed E-state index contributed by atoms with van der Waals surface area (Å²) in [4.78, 5) is 8.14. The molecule has 0 fully saturated rings. The third-order valence-electron chi connectivity index (χ3n) is 4.52. The molecule has 0 bridgehead atoms. The van der Waals surface area contributed by atoms with Gasteiger partial charge in [0.25, 0.3) is 0 Å². The van der Waals surface area contributed by atoms with Crippen molar-refractivity contribution in [2.24, 2.45) is 7.05 Å². The number of sulfonamides is 1. The molecule has 0 amide bonds. The number of rotatable bonds is 6. The van der Waals surface area contributed by atoms with Crippen molar-refractivity contribution in [1.82, 2.24) is 24.1 Å². The van der Waals surface area contributed by atoms with Gasteiger partial charge in [-0.05, 0) is 25.5 Å². The number of aryl methyl sites for hydroxylation is 2. The first-order valence-electron chi connectivity index (χ1n) is 8.27. The summed E-state index contributed by atoms with van der Waals surface area (Å²) < 4.78 is 28.8. The van der Waals surface area contributed by atoms with Gasteiger partial charge in [-0.15, -0.1) is 0 Å². The number of aromatic nitrogens is 4. The van der Waals surface area contributed by atoms with Gasteiger partial charge in [0.15, 0.2) is 0 Å². The van der Waals surface area contributed by atoms with E-state index in [1.807, 2.05) is 32.0 Å². The number of likely N-dealkylation sites (N-methyl/N-ethyl adjacent to an activating group) is 1. The van der Waals surface area contributed by atoms with Gasteiger partial charge in [0.05, 0.1) is 22.9 Å². The lowest BCUT2D eigenvalue weighted by Crippen LogP contribution is -2.33. The highest BCUT2D eigenvalue weighted by molar-refractivity contribution is 7.89. The average molecular weight is 361 g/mol. The van der Waals surface area contributed by atoms with Crippen molar-refractivity contribution in [3.8, 4) is 0 Å². The Labute approximate surface area is 147 Å². The van der Waals surface area contributed by atoms with Crippen LogP contribution in [0.15, 0.2) is 29.3 Å². The molecule has 25 heavy (non-hydrogen) atoms. The van der Waals surface area contributed by atoms with E-state index in [2.05, 4.69) is 15.1 Å². The topological polar surface area (TPSA) is 83.9 Å². The minimum absolute atomic E-state index is 0.261. The number of nitrogens with zero attached hydrogens (tertiary/aromatic N) is 4. The third-order valence-corrected chi connectivity index (χ3v) is 6.60. The molecule has 2 aromatic heterocycles. The fourth-order valence-electron chi connectivity index (χ4n) is 2.89. The zero-order valence-corrected chi connectivity index (χ0v) is 15.8. The van der Waals surface area contributed by atoms with Crippen LogP contribution in [0.5, 0.6) is 0 Å². The standard InChI is InChI=1S/C17H23N5O2S/c1-5-22(25(23,24)15-11-18-21(4)13(15)3)10-9-16-19-14-8-6-7-12(2)17(14)20-16/h6-8,11H,5,9-10H2,1-4H3,(H,19,20). The molecule has 0 saturated heterocycles. The van der Waals surface area contributed by atoms with Gasteiger partial charge in [0.1, 0.15) is 10.7 Å². The second-order valence-electron chi connectivity index (χ2n) is 6.12. The molecule has 0 aliphatic carbocycles. The highest BCUT2D eigenvalue weighted by atomic mass is 32.2. The smallest absolute Gasteiger partial charge is 0.246 e. The maximum absolute atomic E-state index is 12.9. The predicted octanol–water partition coefficient (Wildman–Crippen LogP) is 2.17. The van der Waals surface area contributed by atoms with Gasteiger partial charge in [-0.1, -0.05) is 19.1 Å². The summed E-state index contributed by atoms with van der Waals surface area (Å²) in [5.74, 6) is 0.792. The largest absolute Gasteiger partial charge is 0.342 e. The Kier molecular flexibility index (Phi) is 4.66. The Morgan fingerprint density at radius 1 is 1.28 bits per heavy atom. The summed E-state index contributed by atoms with van der Waals surface area (Å²) in [5.41, 5.74) is 3.65. The number of H-pyrrole nitrogens is 1. The molecule has 0 radical (unpaired) electrons. The molecule has 7 nitrogen and oxygen atoms in total. The molecule has 2 heterocycles. The van der Waals surface area contributed by atoms with E-state index >= 15 is 0 Å². The van der Waals surface area contributed by atoms with Gasteiger partial charge < -0.3 is 4.98 Å². The molecular weight excluding hydrogens is 338 g/mol. The monoisotopic (exact) mass is 361 g/mol. The SMILES string of the molecule is CCN(CCc1nc2c(C)cccc2[nH]1)S(=O)(=O)c1cnn(C)c1C. The Bertz CT molecular complexity index is 1000. The second-order valence-corrected chi connectivity index (χ2v) is 8.03. The zero-order chi connectivity index (χ0) is 18.2. The van der Waals surface area contributed by atoms with Crippen LogP contribution < -0.4 is 0 Å². The van der Waals surface area contributed by atoms with Crippen molar-refractivity contribution >= 4 is 21.1 Å². The minimum Gasteiger partial charge on any atom is -0.342 e. The van der Waals surface area contributed by atoms with Gasteiger partial charge in [-0.2, -0.15) is 9.40 Å². The predicted molar refractivity (Wildman–Crippen MR) is 96.9 cm³/mol. The maximum Gasteiger partial charge on any atom is 0.246 e. The van der Waals surface area contributed by atoms with Gasteiger partial charge in [-0.25, -0.2) is 13.4 Å². The van der Waals surface area contributed by atoms with Crippen molar-refractivity contribution in [3.63, 3.8) is 0 Å². The molecule has 0 atom stereocenters. The molecule has 3 aromatic rings. The number of benzene rings is 1. The summed E-state index contributed by atoms with van der Waals surface area (Å²) in [7, 11) is -1.82. The van der Waals surface area contributed by atoms with Gasteiger partial charge >= 0.3 is 0 Å². The van der Waals surface area contributed by atoms with Crippen LogP contribution in [-0.4, -0.2) is 45.6 Å². The van der Waals surface area contributed by atoms with Gasteiger partial charge in [0.2, 0.25) is 10.0 Å². The van der Waals surface area contributed by atoms with Crippen molar-refractivity contribution in [1.29, 1.82) is 0 Å². The summed E-state index contributed by atoms with van der Waals surface area (Å²) in [6.45, 7) is 6.38. The number of hydrogen-bond donors (Lipinski definition) is 1. The van der Waals surface area contributed by atoms with Crippen LogP contribution in [0.2, 0.25) is 0 Å². The lowest BCUT2D eigenvalue weighted by molar-refractivity contribution is 0.428. The normalized spacial score (nSPS) is 12.4. The second kappa shape index (κ2) is 6.61.